The molecular formula is C22H26Cl2N2O2S. The zero-order valence-corrected chi connectivity index (χ0v) is 19.2. The minimum atomic E-state index is -0.603. The number of halogens is 2. The van der Waals surface area contributed by atoms with Crippen molar-refractivity contribution in [2.45, 2.75) is 39.1 Å². The van der Waals surface area contributed by atoms with Gasteiger partial charge in [-0.25, -0.2) is 0 Å². The lowest BCUT2D eigenvalue weighted by atomic mass is 10.1. The van der Waals surface area contributed by atoms with Crippen LogP contribution in [0.25, 0.3) is 0 Å². The van der Waals surface area contributed by atoms with Gasteiger partial charge in [-0.05, 0) is 49.6 Å². The van der Waals surface area contributed by atoms with Gasteiger partial charge < -0.3 is 10.2 Å². The van der Waals surface area contributed by atoms with Crippen LogP contribution in [0.2, 0.25) is 10.0 Å². The van der Waals surface area contributed by atoms with E-state index in [0.29, 0.717) is 16.6 Å². The van der Waals surface area contributed by atoms with Crippen molar-refractivity contribution < 1.29 is 9.59 Å². The van der Waals surface area contributed by atoms with Gasteiger partial charge in [0, 0.05) is 28.9 Å². The molecule has 0 radical (unpaired) electrons. The second-order valence-electron chi connectivity index (χ2n) is 6.75. The maximum absolute atomic E-state index is 13.0. The van der Waals surface area contributed by atoms with E-state index in [1.807, 2.05) is 19.1 Å². The maximum Gasteiger partial charge on any atom is 0.242 e. The average Bonchev–Trinajstić information content (AvgIpc) is 2.68. The van der Waals surface area contributed by atoms with Gasteiger partial charge in [0.2, 0.25) is 11.8 Å². The van der Waals surface area contributed by atoms with Crippen LogP contribution in [0, 0.1) is 6.92 Å². The Kier molecular flexibility index (Phi) is 9.34. The van der Waals surface area contributed by atoms with Gasteiger partial charge in [-0.3, -0.25) is 9.59 Å². The van der Waals surface area contributed by atoms with Crippen molar-refractivity contribution >= 4 is 46.8 Å². The number of carbonyl (C=O) groups is 2. The Bertz CT molecular complexity index is 860. The first-order valence-electron chi connectivity index (χ1n) is 9.46. The van der Waals surface area contributed by atoms with Gasteiger partial charge in [0.25, 0.3) is 0 Å². The topological polar surface area (TPSA) is 49.4 Å². The highest BCUT2D eigenvalue weighted by Gasteiger charge is 2.26. The summed E-state index contributed by atoms with van der Waals surface area (Å²) < 4.78 is 0. The molecule has 0 saturated heterocycles. The number of hydrogen-bond donors (Lipinski definition) is 1. The van der Waals surface area contributed by atoms with Crippen molar-refractivity contribution in [3.8, 4) is 0 Å². The van der Waals surface area contributed by atoms with Crippen LogP contribution in [0.1, 0.15) is 30.5 Å². The number of nitrogens with one attached hydrogen (secondary N) is 1. The van der Waals surface area contributed by atoms with Crippen LogP contribution in [0.3, 0.4) is 0 Å². The van der Waals surface area contributed by atoms with Gasteiger partial charge in [0.05, 0.1) is 5.75 Å². The van der Waals surface area contributed by atoms with E-state index in [1.54, 1.807) is 30.0 Å². The molecule has 2 amide bonds. The molecule has 156 valence electrons. The van der Waals surface area contributed by atoms with Gasteiger partial charge in [-0.2, -0.15) is 0 Å². The lowest BCUT2D eigenvalue weighted by Crippen LogP contribution is -2.48. The predicted molar refractivity (Wildman–Crippen MR) is 122 cm³/mol. The zero-order chi connectivity index (χ0) is 21.4. The first-order valence-corrected chi connectivity index (χ1v) is 11.4. The maximum atomic E-state index is 13.0. The van der Waals surface area contributed by atoms with E-state index in [2.05, 4.69) is 24.4 Å². The van der Waals surface area contributed by atoms with Crippen molar-refractivity contribution in [1.82, 2.24) is 10.2 Å². The highest BCUT2D eigenvalue weighted by atomic mass is 35.5. The molecule has 2 aromatic rings. The molecule has 0 heterocycles. The summed E-state index contributed by atoms with van der Waals surface area (Å²) in [6, 6.07) is 12.7. The van der Waals surface area contributed by atoms with Gasteiger partial charge in [-0.15, -0.1) is 11.8 Å². The Morgan fingerprint density at radius 3 is 2.52 bits per heavy atom. The fourth-order valence-corrected chi connectivity index (χ4v) is 4.30. The lowest BCUT2D eigenvalue weighted by Gasteiger charge is -2.29. The first-order chi connectivity index (χ1) is 13.8. The van der Waals surface area contributed by atoms with Crippen molar-refractivity contribution in [1.29, 1.82) is 0 Å². The summed E-state index contributed by atoms with van der Waals surface area (Å²) in [5.74, 6) is 0.732. The summed E-state index contributed by atoms with van der Waals surface area (Å²) in [5, 5.41) is 3.79. The average molecular weight is 453 g/mol. The van der Waals surface area contributed by atoms with Crippen molar-refractivity contribution in [3.63, 3.8) is 0 Å². The molecule has 0 spiro atoms. The summed E-state index contributed by atoms with van der Waals surface area (Å²) >= 11 is 13.8. The Balaban J connectivity index is 2.11. The molecule has 0 fully saturated rings. The van der Waals surface area contributed by atoms with E-state index < -0.39 is 6.04 Å². The van der Waals surface area contributed by atoms with Crippen LogP contribution >= 0.6 is 35.0 Å². The molecule has 4 nitrogen and oxygen atoms in total. The van der Waals surface area contributed by atoms with E-state index >= 15 is 0 Å². The van der Waals surface area contributed by atoms with Crippen molar-refractivity contribution in [2.75, 3.05) is 12.3 Å². The van der Waals surface area contributed by atoms with E-state index in [1.165, 1.54) is 22.9 Å². The number of carbonyl (C=O) groups excluding carboxylic acids is 2. The van der Waals surface area contributed by atoms with Crippen molar-refractivity contribution in [3.05, 3.63) is 69.2 Å². The van der Waals surface area contributed by atoms with E-state index in [4.69, 9.17) is 23.2 Å². The SMILES string of the molecule is CCNC(=O)[C@@H](C)N(Cc1ccc(Cl)cc1Cl)C(=O)CSCc1ccccc1C. The fraction of sp³-hybridized carbons (Fsp3) is 0.364. The molecule has 2 aromatic carbocycles. The molecule has 1 atom stereocenters. The fourth-order valence-electron chi connectivity index (χ4n) is 2.84. The smallest absolute Gasteiger partial charge is 0.242 e. The zero-order valence-electron chi connectivity index (χ0n) is 16.9. The van der Waals surface area contributed by atoms with Crippen LogP contribution in [-0.2, 0) is 21.9 Å². The van der Waals surface area contributed by atoms with E-state index in [-0.39, 0.29) is 24.1 Å². The standard InChI is InChI=1S/C22H26Cl2N2O2S/c1-4-25-22(28)16(3)26(12-17-9-10-19(23)11-20(17)24)21(27)14-29-13-18-8-6-5-7-15(18)2/h5-11,16H,4,12-14H2,1-3H3,(H,25,28)/t16-/m1/s1. The number of rotatable bonds is 9. The minimum absolute atomic E-state index is 0.103. The van der Waals surface area contributed by atoms with Crippen LogP contribution in [-0.4, -0.2) is 35.1 Å². The second kappa shape index (κ2) is 11.5. The number of hydrogen-bond acceptors (Lipinski definition) is 3. The quantitative estimate of drug-likeness (QED) is 0.576. The van der Waals surface area contributed by atoms with Crippen molar-refractivity contribution in [2.24, 2.45) is 0 Å². The molecule has 7 heteroatoms. The number of likely N-dealkylation sites (N-methyl/N-ethyl adjacent to an activating group) is 1. The molecule has 0 aliphatic heterocycles. The molecule has 0 aliphatic rings. The Hall–Kier alpha value is -1.69. The Labute approximate surface area is 187 Å². The Morgan fingerprint density at radius 1 is 1.14 bits per heavy atom. The first kappa shape index (κ1) is 23.6. The lowest BCUT2D eigenvalue weighted by molar-refractivity contribution is -0.138. The van der Waals surface area contributed by atoms with Crippen LogP contribution < -0.4 is 5.32 Å². The summed E-state index contributed by atoms with van der Waals surface area (Å²) in [4.78, 5) is 27.0. The van der Waals surface area contributed by atoms with Crippen LogP contribution in [0.5, 0.6) is 0 Å². The van der Waals surface area contributed by atoms with E-state index in [0.717, 1.165) is 11.3 Å². The molecule has 2 rings (SSSR count). The number of thioether (sulfide) groups is 1. The normalized spacial score (nSPS) is 11.8. The second-order valence-corrected chi connectivity index (χ2v) is 8.58. The number of aryl methyl sites for hydroxylation is 1. The molecular weight excluding hydrogens is 427 g/mol. The third-order valence-electron chi connectivity index (χ3n) is 4.62. The molecule has 0 unspecified atom stereocenters. The third kappa shape index (κ3) is 6.95. The highest BCUT2D eigenvalue weighted by Crippen LogP contribution is 2.24. The molecule has 0 aromatic heterocycles. The predicted octanol–water partition coefficient (Wildman–Crippen LogP) is 5.09. The summed E-state index contributed by atoms with van der Waals surface area (Å²) in [7, 11) is 0. The monoisotopic (exact) mass is 452 g/mol. The molecule has 0 bridgehead atoms. The van der Waals surface area contributed by atoms with E-state index in [9.17, 15) is 9.59 Å². The summed E-state index contributed by atoms with van der Waals surface area (Å²) in [5.41, 5.74) is 3.16. The summed E-state index contributed by atoms with van der Waals surface area (Å²) in [6.07, 6.45) is 0. The van der Waals surface area contributed by atoms with Gasteiger partial charge in [0.1, 0.15) is 6.04 Å². The van der Waals surface area contributed by atoms with Gasteiger partial charge >= 0.3 is 0 Å². The molecule has 0 aliphatic carbocycles. The minimum Gasteiger partial charge on any atom is -0.355 e. The number of benzene rings is 2. The Morgan fingerprint density at radius 2 is 1.86 bits per heavy atom. The molecule has 1 N–H and O–H groups in total. The third-order valence-corrected chi connectivity index (χ3v) is 6.17. The largest absolute Gasteiger partial charge is 0.355 e. The van der Waals surface area contributed by atoms with Gasteiger partial charge in [-0.1, -0.05) is 53.5 Å². The number of amides is 2. The number of nitrogens with zero attached hydrogens (tertiary/aromatic N) is 1. The van der Waals surface area contributed by atoms with Crippen LogP contribution in [0.15, 0.2) is 42.5 Å². The van der Waals surface area contributed by atoms with Crippen LogP contribution in [0.4, 0.5) is 0 Å². The molecule has 29 heavy (non-hydrogen) atoms. The molecule has 0 saturated carbocycles. The highest BCUT2D eigenvalue weighted by molar-refractivity contribution is 7.99. The summed E-state index contributed by atoms with van der Waals surface area (Å²) in [6.45, 7) is 6.40. The van der Waals surface area contributed by atoms with Gasteiger partial charge in [0.15, 0.2) is 0 Å².